The predicted octanol–water partition coefficient (Wildman–Crippen LogP) is 2.40. The van der Waals surface area contributed by atoms with Crippen molar-refractivity contribution in [3.05, 3.63) is 35.6 Å². The van der Waals surface area contributed by atoms with E-state index >= 15 is 0 Å². The number of Topliss-reactive ketones (excluding diaryl/α,β-unsaturated/α-hetero) is 1. The molecule has 0 amide bonds. The summed E-state index contributed by atoms with van der Waals surface area (Å²) in [6.45, 7) is 5.10. The molecule has 0 radical (unpaired) electrons. The lowest BCUT2D eigenvalue weighted by Gasteiger charge is -2.28. The first-order valence-corrected chi connectivity index (χ1v) is 7.50. The van der Waals surface area contributed by atoms with E-state index in [2.05, 4.69) is 0 Å². The highest BCUT2D eigenvalue weighted by Crippen LogP contribution is 2.27. The second-order valence-corrected chi connectivity index (χ2v) is 7.02. The van der Waals surface area contributed by atoms with Crippen LogP contribution in [0.3, 0.4) is 0 Å². The number of hydrogen-bond acceptors (Lipinski definition) is 4. The van der Waals surface area contributed by atoms with Crippen LogP contribution in [0.25, 0.3) is 0 Å². The van der Waals surface area contributed by atoms with E-state index in [-0.39, 0.29) is 5.56 Å². The molecule has 1 aromatic carbocycles. The zero-order chi connectivity index (χ0) is 14.8. The zero-order valence-corrected chi connectivity index (χ0v) is 12.1. The number of carbonyl (C=O) groups excluding carboxylic acids is 1. The molecule has 0 N–H and O–H groups in total. The van der Waals surface area contributed by atoms with Gasteiger partial charge in [-0.05, 0) is 29.7 Å². The molecule has 1 aromatic rings. The van der Waals surface area contributed by atoms with E-state index in [4.69, 9.17) is 4.18 Å². The molecule has 0 aromatic heterocycles. The summed E-state index contributed by atoms with van der Waals surface area (Å²) in [6.07, 6.45) is -0.253. The first kappa shape index (κ1) is 15.8. The van der Waals surface area contributed by atoms with E-state index in [1.165, 1.54) is 12.1 Å². The zero-order valence-electron chi connectivity index (χ0n) is 11.3. The van der Waals surface area contributed by atoms with Gasteiger partial charge in [0.15, 0.2) is 5.78 Å². The van der Waals surface area contributed by atoms with Crippen LogP contribution in [-0.2, 0) is 14.3 Å². The summed E-state index contributed by atoms with van der Waals surface area (Å²) in [6, 6.07) is 4.91. The second kappa shape index (κ2) is 5.38. The topological polar surface area (TPSA) is 60.4 Å². The molecule has 0 aliphatic carbocycles. The lowest BCUT2D eigenvalue weighted by atomic mass is 9.84. The molecule has 19 heavy (non-hydrogen) atoms. The Hall–Kier alpha value is -1.27. The SMILES string of the molecule is CC(C)(C)C(OS(C)(=O)=O)C(=O)c1ccc(F)cc1. The minimum Gasteiger partial charge on any atom is -0.291 e. The van der Waals surface area contributed by atoms with Crippen molar-refractivity contribution in [3.63, 3.8) is 0 Å². The van der Waals surface area contributed by atoms with Crippen LogP contribution in [0.4, 0.5) is 4.39 Å². The van der Waals surface area contributed by atoms with Gasteiger partial charge < -0.3 is 0 Å². The maximum absolute atomic E-state index is 12.8. The van der Waals surface area contributed by atoms with Gasteiger partial charge in [-0.3, -0.25) is 8.98 Å². The normalized spacial score (nSPS) is 14.2. The third kappa shape index (κ3) is 4.72. The standard InChI is InChI=1S/C13H17FO4S/c1-13(2,3)12(18-19(4,16)17)11(15)9-5-7-10(14)8-6-9/h5-8,12H,1-4H3. The van der Waals surface area contributed by atoms with Crippen molar-refractivity contribution in [2.45, 2.75) is 26.9 Å². The van der Waals surface area contributed by atoms with Gasteiger partial charge in [-0.2, -0.15) is 8.42 Å². The molecule has 1 atom stereocenters. The number of rotatable bonds is 4. The fourth-order valence-corrected chi connectivity index (χ4v) is 2.25. The Labute approximate surface area is 112 Å². The molecule has 0 saturated heterocycles. The number of ketones is 1. The van der Waals surface area contributed by atoms with Gasteiger partial charge in [-0.25, -0.2) is 4.39 Å². The molecule has 6 heteroatoms. The quantitative estimate of drug-likeness (QED) is 0.630. The van der Waals surface area contributed by atoms with Gasteiger partial charge in [-0.1, -0.05) is 20.8 Å². The summed E-state index contributed by atoms with van der Waals surface area (Å²) in [5.41, 5.74) is -0.487. The van der Waals surface area contributed by atoms with Crippen LogP contribution in [0, 0.1) is 11.2 Å². The van der Waals surface area contributed by atoms with E-state index in [1.807, 2.05) is 0 Å². The Kier molecular flexibility index (Phi) is 4.47. The van der Waals surface area contributed by atoms with Crippen LogP contribution in [0.1, 0.15) is 31.1 Å². The number of hydrogen-bond donors (Lipinski definition) is 0. The van der Waals surface area contributed by atoms with E-state index in [0.29, 0.717) is 0 Å². The van der Waals surface area contributed by atoms with Crippen molar-refractivity contribution >= 4 is 15.9 Å². The Morgan fingerprint density at radius 3 is 2.05 bits per heavy atom. The van der Waals surface area contributed by atoms with Crippen LogP contribution in [0.5, 0.6) is 0 Å². The predicted molar refractivity (Wildman–Crippen MR) is 69.9 cm³/mol. The molecule has 1 unspecified atom stereocenters. The minimum absolute atomic E-state index is 0.213. The van der Waals surface area contributed by atoms with Gasteiger partial charge in [0.1, 0.15) is 11.9 Å². The molecule has 4 nitrogen and oxygen atoms in total. The summed E-state index contributed by atoms with van der Waals surface area (Å²) in [4.78, 5) is 12.3. The van der Waals surface area contributed by atoms with Crippen molar-refractivity contribution in [1.82, 2.24) is 0 Å². The van der Waals surface area contributed by atoms with Crippen LogP contribution in [-0.4, -0.2) is 26.6 Å². The summed E-state index contributed by atoms with van der Waals surface area (Å²) in [5, 5.41) is 0. The Morgan fingerprint density at radius 2 is 1.68 bits per heavy atom. The Bertz CT molecular complexity index is 555. The molecule has 106 valence electrons. The highest BCUT2D eigenvalue weighted by atomic mass is 32.2. The molecule has 0 bridgehead atoms. The van der Waals surface area contributed by atoms with Crippen LogP contribution in [0.15, 0.2) is 24.3 Å². The molecule has 0 aliphatic heterocycles. The average Bonchev–Trinajstić information content (AvgIpc) is 2.23. The Morgan fingerprint density at radius 1 is 1.21 bits per heavy atom. The average molecular weight is 288 g/mol. The lowest BCUT2D eigenvalue weighted by molar-refractivity contribution is 0.0566. The number of carbonyl (C=O) groups is 1. The summed E-state index contributed by atoms with van der Waals surface area (Å²) < 4.78 is 40.2. The van der Waals surface area contributed by atoms with Gasteiger partial charge in [0.25, 0.3) is 10.1 Å². The molecule has 0 spiro atoms. The second-order valence-electron chi connectivity index (χ2n) is 5.42. The van der Waals surface area contributed by atoms with Crippen molar-refractivity contribution in [3.8, 4) is 0 Å². The highest BCUT2D eigenvalue weighted by molar-refractivity contribution is 7.86. The van der Waals surface area contributed by atoms with Crippen LogP contribution < -0.4 is 0 Å². The van der Waals surface area contributed by atoms with Crippen molar-refractivity contribution < 1.29 is 21.8 Å². The number of halogens is 1. The van der Waals surface area contributed by atoms with Crippen LogP contribution in [0.2, 0.25) is 0 Å². The van der Waals surface area contributed by atoms with Gasteiger partial charge >= 0.3 is 0 Å². The van der Waals surface area contributed by atoms with Gasteiger partial charge in [0.2, 0.25) is 0 Å². The molecule has 0 heterocycles. The van der Waals surface area contributed by atoms with Gasteiger partial charge in [0, 0.05) is 5.56 Å². The van der Waals surface area contributed by atoms with Crippen molar-refractivity contribution in [2.24, 2.45) is 5.41 Å². The summed E-state index contributed by atoms with van der Waals surface area (Å²) in [7, 11) is -3.76. The smallest absolute Gasteiger partial charge is 0.265 e. The number of benzene rings is 1. The lowest BCUT2D eigenvalue weighted by Crippen LogP contribution is -2.38. The van der Waals surface area contributed by atoms with E-state index < -0.39 is 33.2 Å². The van der Waals surface area contributed by atoms with E-state index in [1.54, 1.807) is 20.8 Å². The molecule has 0 aliphatic rings. The molecule has 0 fully saturated rings. The van der Waals surface area contributed by atoms with Crippen molar-refractivity contribution in [1.29, 1.82) is 0 Å². The van der Waals surface area contributed by atoms with Crippen molar-refractivity contribution in [2.75, 3.05) is 6.26 Å². The highest BCUT2D eigenvalue weighted by Gasteiger charge is 2.35. The molecule has 0 saturated carbocycles. The molecular formula is C13H17FO4S. The maximum Gasteiger partial charge on any atom is 0.265 e. The largest absolute Gasteiger partial charge is 0.291 e. The van der Waals surface area contributed by atoms with Crippen LogP contribution >= 0.6 is 0 Å². The third-order valence-electron chi connectivity index (χ3n) is 2.42. The summed E-state index contributed by atoms with van der Waals surface area (Å²) in [5.74, 6) is -0.953. The molecular weight excluding hydrogens is 271 g/mol. The third-order valence-corrected chi connectivity index (χ3v) is 2.97. The fourth-order valence-electron chi connectivity index (χ4n) is 1.52. The summed E-state index contributed by atoms with van der Waals surface area (Å²) >= 11 is 0. The first-order valence-electron chi connectivity index (χ1n) is 5.69. The van der Waals surface area contributed by atoms with E-state index in [0.717, 1.165) is 18.4 Å². The Balaban J connectivity index is 3.12. The fraction of sp³-hybridized carbons (Fsp3) is 0.462. The first-order chi connectivity index (χ1) is 8.50. The monoisotopic (exact) mass is 288 g/mol. The molecule has 1 rings (SSSR count). The maximum atomic E-state index is 12.8. The van der Waals surface area contributed by atoms with E-state index in [9.17, 15) is 17.6 Å². The van der Waals surface area contributed by atoms with Gasteiger partial charge in [0.05, 0.1) is 6.26 Å². The minimum atomic E-state index is -3.76. The van der Waals surface area contributed by atoms with Gasteiger partial charge in [-0.15, -0.1) is 0 Å².